The van der Waals surface area contributed by atoms with Gasteiger partial charge >= 0.3 is 6.03 Å². The molecule has 2 aromatic carbocycles. The molecule has 1 saturated heterocycles. The highest BCUT2D eigenvalue weighted by molar-refractivity contribution is 7.89. The number of nitrogens with one attached hydrogen (secondary N) is 2. The van der Waals surface area contributed by atoms with Crippen LogP contribution in [0.15, 0.2) is 53.4 Å². The lowest BCUT2D eigenvalue weighted by Gasteiger charge is -2.24. The average molecular weight is 408 g/mol. The Bertz CT molecular complexity index is 916. The Kier molecular flexibility index (Phi) is 6.04. The molecule has 3 rings (SSSR count). The van der Waals surface area contributed by atoms with Crippen LogP contribution in [0.1, 0.15) is 18.4 Å². The van der Waals surface area contributed by atoms with E-state index in [4.69, 9.17) is 11.6 Å². The third-order valence-corrected chi connectivity index (χ3v) is 6.73. The van der Waals surface area contributed by atoms with Crippen LogP contribution in [0, 0.1) is 6.92 Å². The number of hydrogen-bond acceptors (Lipinski definition) is 3. The number of carbonyl (C=O) groups is 1. The van der Waals surface area contributed by atoms with E-state index in [9.17, 15) is 13.2 Å². The minimum atomic E-state index is -3.57. The Morgan fingerprint density at radius 1 is 1.22 bits per heavy atom. The zero-order valence-electron chi connectivity index (χ0n) is 15.0. The molecular weight excluding hydrogens is 386 g/mol. The van der Waals surface area contributed by atoms with Gasteiger partial charge in [-0.2, -0.15) is 4.31 Å². The quantitative estimate of drug-likeness (QED) is 0.794. The number of amides is 2. The van der Waals surface area contributed by atoms with Gasteiger partial charge in [-0.1, -0.05) is 35.4 Å². The number of rotatable bonds is 5. The maximum absolute atomic E-state index is 12.9. The van der Waals surface area contributed by atoms with Crippen LogP contribution < -0.4 is 10.6 Å². The lowest BCUT2D eigenvalue weighted by Crippen LogP contribution is -2.44. The lowest BCUT2D eigenvalue weighted by atomic mass is 10.2. The second-order valence-electron chi connectivity index (χ2n) is 6.57. The molecule has 0 radical (unpaired) electrons. The van der Waals surface area contributed by atoms with Crippen molar-refractivity contribution in [1.82, 2.24) is 9.62 Å². The van der Waals surface area contributed by atoms with Gasteiger partial charge in [-0.05, 0) is 50.1 Å². The van der Waals surface area contributed by atoms with Gasteiger partial charge in [0.2, 0.25) is 10.0 Å². The van der Waals surface area contributed by atoms with E-state index in [-0.39, 0.29) is 17.5 Å². The molecule has 2 aromatic rings. The normalized spacial score (nSPS) is 17.6. The molecule has 0 saturated carbocycles. The first-order chi connectivity index (χ1) is 12.9. The summed E-state index contributed by atoms with van der Waals surface area (Å²) in [6.45, 7) is 2.62. The standard InChI is InChI=1S/C19H22ClN3O3S/c1-14-7-9-18(10-8-14)27(25,26)23-11-3-6-17(23)13-21-19(24)22-16-5-2-4-15(20)12-16/h2,4-5,7-10,12,17H,3,6,11,13H2,1H3,(H2,21,22,24)/t17-/m0/s1. The molecule has 0 unspecified atom stereocenters. The van der Waals surface area contributed by atoms with Crippen molar-refractivity contribution in [1.29, 1.82) is 0 Å². The first-order valence-electron chi connectivity index (χ1n) is 8.75. The van der Waals surface area contributed by atoms with E-state index in [0.29, 0.717) is 23.7 Å². The number of carbonyl (C=O) groups excluding carboxylic acids is 1. The Labute approximate surface area is 164 Å². The van der Waals surface area contributed by atoms with E-state index in [1.165, 1.54) is 4.31 Å². The number of aryl methyl sites for hydroxylation is 1. The van der Waals surface area contributed by atoms with Crippen LogP contribution in [0.4, 0.5) is 10.5 Å². The number of urea groups is 1. The fraction of sp³-hybridized carbons (Fsp3) is 0.316. The zero-order chi connectivity index (χ0) is 19.4. The molecule has 6 nitrogen and oxygen atoms in total. The predicted molar refractivity (Wildman–Crippen MR) is 107 cm³/mol. The van der Waals surface area contributed by atoms with Crippen molar-refractivity contribution in [2.45, 2.75) is 30.7 Å². The first-order valence-corrected chi connectivity index (χ1v) is 10.6. The van der Waals surface area contributed by atoms with Gasteiger partial charge in [0.1, 0.15) is 0 Å². The molecule has 1 aliphatic rings. The van der Waals surface area contributed by atoms with Crippen LogP contribution in [0.3, 0.4) is 0 Å². The van der Waals surface area contributed by atoms with Crippen molar-refractivity contribution in [2.24, 2.45) is 0 Å². The summed E-state index contributed by atoms with van der Waals surface area (Å²) in [6, 6.07) is 13.0. The van der Waals surface area contributed by atoms with Crippen LogP contribution in [0.5, 0.6) is 0 Å². The number of hydrogen-bond donors (Lipinski definition) is 2. The fourth-order valence-electron chi connectivity index (χ4n) is 3.13. The van der Waals surface area contributed by atoms with Crippen molar-refractivity contribution < 1.29 is 13.2 Å². The van der Waals surface area contributed by atoms with Crippen LogP contribution in [-0.2, 0) is 10.0 Å². The van der Waals surface area contributed by atoms with E-state index in [1.54, 1.807) is 48.5 Å². The summed E-state index contributed by atoms with van der Waals surface area (Å²) in [5.74, 6) is 0. The SMILES string of the molecule is Cc1ccc(S(=O)(=O)N2CCC[C@H]2CNC(=O)Nc2cccc(Cl)c2)cc1. The summed E-state index contributed by atoms with van der Waals surface area (Å²) in [5, 5.41) is 5.98. The minimum Gasteiger partial charge on any atom is -0.336 e. The van der Waals surface area contributed by atoms with Gasteiger partial charge in [0, 0.05) is 29.8 Å². The second-order valence-corrected chi connectivity index (χ2v) is 8.90. The summed E-state index contributed by atoms with van der Waals surface area (Å²) in [7, 11) is -3.57. The molecule has 8 heteroatoms. The zero-order valence-corrected chi connectivity index (χ0v) is 16.6. The molecule has 0 aromatic heterocycles. The second kappa shape index (κ2) is 8.29. The summed E-state index contributed by atoms with van der Waals surface area (Å²) in [5.41, 5.74) is 1.59. The molecule has 1 aliphatic heterocycles. The Morgan fingerprint density at radius 2 is 1.96 bits per heavy atom. The highest BCUT2D eigenvalue weighted by Gasteiger charge is 2.35. The number of halogens is 1. The third kappa shape index (κ3) is 4.80. The predicted octanol–water partition coefficient (Wildman–Crippen LogP) is 3.62. The Morgan fingerprint density at radius 3 is 2.67 bits per heavy atom. The average Bonchev–Trinajstić information content (AvgIpc) is 3.10. The van der Waals surface area contributed by atoms with Gasteiger partial charge in [-0.3, -0.25) is 0 Å². The van der Waals surface area contributed by atoms with Crippen LogP contribution in [0.25, 0.3) is 0 Å². The summed E-state index contributed by atoms with van der Waals surface area (Å²) >= 11 is 5.90. The highest BCUT2D eigenvalue weighted by atomic mass is 35.5. The van der Waals surface area contributed by atoms with E-state index in [2.05, 4.69) is 10.6 Å². The molecule has 2 N–H and O–H groups in total. The Hall–Kier alpha value is -2.09. The van der Waals surface area contributed by atoms with Gasteiger partial charge < -0.3 is 10.6 Å². The van der Waals surface area contributed by atoms with Crippen molar-refractivity contribution in [3.63, 3.8) is 0 Å². The fourth-order valence-corrected chi connectivity index (χ4v) is 5.01. The third-order valence-electron chi connectivity index (χ3n) is 4.53. The number of benzene rings is 2. The maximum Gasteiger partial charge on any atom is 0.319 e. The highest BCUT2D eigenvalue weighted by Crippen LogP contribution is 2.26. The lowest BCUT2D eigenvalue weighted by molar-refractivity contribution is 0.249. The summed E-state index contributed by atoms with van der Waals surface area (Å²) in [6.07, 6.45) is 1.48. The summed E-state index contributed by atoms with van der Waals surface area (Å²) in [4.78, 5) is 12.4. The van der Waals surface area contributed by atoms with Gasteiger partial charge in [0.15, 0.2) is 0 Å². The monoisotopic (exact) mass is 407 g/mol. The van der Waals surface area contributed by atoms with E-state index in [1.807, 2.05) is 6.92 Å². The number of anilines is 1. The van der Waals surface area contributed by atoms with Gasteiger partial charge in [0.25, 0.3) is 0 Å². The number of nitrogens with zero attached hydrogens (tertiary/aromatic N) is 1. The van der Waals surface area contributed by atoms with Crippen LogP contribution >= 0.6 is 11.6 Å². The van der Waals surface area contributed by atoms with Crippen molar-refractivity contribution in [3.8, 4) is 0 Å². The largest absolute Gasteiger partial charge is 0.336 e. The van der Waals surface area contributed by atoms with E-state index in [0.717, 1.165) is 12.0 Å². The van der Waals surface area contributed by atoms with Crippen molar-refractivity contribution in [3.05, 3.63) is 59.1 Å². The van der Waals surface area contributed by atoms with Crippen LogP contribution in [-0.4, -0.2) is 37.9 Å². The molecular formula is C19H22ClN3O3S. The van der Waals surface area contributed by atoms with E-state index < -0.39 is 16.1 Å². The van der Waals surface area contributed by atoms with Gasteiger partial charge in [-0.25, -0.2) is 13.2 Å². The van der Waals surface area contributed by atoms with Crippen molar-refractivity contribution in [2.75, 3.05) is 18.4 Å². The molecule has 2 amide bonds. The molecule has 1 heterocycles. The van der Waals surface area contributed by atoms with Crippen LogP contribution in [0.2, 0.25) is 5.02 Å². The maximum atomic E-state index is 12.9. The molecule has 144 valence electrons. The molecule has 1 atom stereocenters. The first kappa shape index (κ1) is 19.7. The van der Waals surface area contributed by atoms with E-state index >= 15 is 0 Å². The molecule has 27 heavy (non-hydrogen) atoms. The smallest absolute Gasteiger partial charge is 0.319 e. The number of sulfonamides is 1. The van der Waals surface area contributed by atoms with Gasteiger partial charge in [-0.15, -0.1) is 0 Å². The molecule has 1 fully saturated rings. The molecule has 0 aliphatic carbocycles. The Balaban J connectivity index is 1.62. The topological polar surface area (TPSA) is 78.5 Å². The minimum absolute atomic E-state index is 0.248. The molecule has 0 bridgehead atoms. The van der Waals surface area contributed by atoms with Gasteiger partial charge in [0.05, 0.1) is 4.90 Å². The molecule has 0 spiro atoms. The summed E-state index contributed by atoms with van der Waals surface area (Å²) < 4.78 is 27.3. The van der Waals surface area contributed by atoms with Crippen molar-refractivity contribution >= 4 is 33.3 Å².